The second kappa shape index (κ2) is 8.34. The van der Waals surface area contributed by atoms with E-state index in [2.05, 4.69) is 97.1 Å². The third kappa shape index (κ3) is 3.18. The first-order chi connectivity index (χ1) is 21.3. The van der Waals surface area contributed by atoms with Gasteiger partial charge in [0.2, 0.25) is 0 Å². The predicted molar refractivity (Wildman–Crippen MR) is 176 cm³/mol. The number of hydrogen-bond donors (Lipinski definition) is 0. The van der Waals surface area contributed by atoms with E-state index in [1.807, 2.05) is 30.3 Å². The second-order valence-corrected chi connectivity index (χ2v) is 11.2. The molecule has 10 rings (SSSR count). The average Bonchev–Trinajstić information content (AvgIpc) is 3.47. The Kier molecular flexibility index (Phi) is 4.42. The zero-order valence-electron chi connectivity index (χ0n) is 22.9. The highest BCUT2D eigenvalue weighted by molar-refractivity contribution is 6.40. The molecule has 10 aromatic rings. The summed E-state index contributed by atoms with van der Waals surface area (Å²) >= 11 is 0. The number of rotatable bonds is 3. The molecule has 0 aliphatic rings. The van der Waals surface area contributed by atoms with Gasteiger partial charge in [-0.05, 0) is 55.9 Å². The fourth-order valence-corrected chi connectivity index (χ4v) is 6.87. The Morgan fingerprint density at radius 1 is 0.395 bits per heavy atom. The first kappa shape index (κ1) is 22.8. The lowest BCUT2D eigenvalue weighted by atomic mass is 9.88. The molecule has 0 spiro atoms. The van der Waals surface area contributed by atoms with Gasteiger partial charge in [-0.1, -0.05) is 109 Å². The van der Waals surface area contributed by atoms with E-state index in [0.717, 1.165) is 49.4 Å². The molecule has 43 heavy (non-hydrogen) atoms. The Morgan fingerprint density at radius 2 is 1.07 bits per heavy atom. The SMILES string of the molecule is c1ccc(-c2nc(-c3ccc4ccccc4c3)nc(-c3cc4ccc5cccc6c7cccc8oc3c(c87)c4c56)n2)cc1. The van der Waals surface area contributed by atoms with E-state index in [-0.39, 0.29) is 0 Å². The minimum atomic E-state index is 0.596. The average molecular weight is 548 g/mol. The third-order valence-electron chi connectivity index (χ3n) is 8.79. The van der Waals surface area contributed by atoms with Gasteiger partial charge in [-0.3, -0.25) is 0 Å². The normalized spacial score (nSPS) is 12.2. The van der Waals surface area contributed by atoms with Gasteiger partial charge in [-0.2, -0.15) is 0 Å². The van der Waals surface area contributed by atoms with Crippen LogP contribution in [0.3, 0.4) is 0 Å². The summed E-state index contributed by atoms with van der Waals surface area (Å²) in [5.41, 5.74) is 4.44. The zero-order chi connectivity index (χ0) is 28.1. The standard InChI is InChI=1S/C39H21N3O/c1-2-9-24(10-3-1)37-40-38(27-19-16-22-8-4-5-11-25(22)20-27)42-39(41-37)30-21-26-18-17-23-12-6-13-28-29-14-7-15-31-34(29)35(36(30)43-31)33(26)32(23)28/h1-21H. The molecule has 0 fully saturated rings. The molecule has 0 atom stereocenters. The van der Waals surface area contributed by atoms with Crippen LogP contribution in [0.2, 0.25) is 0 Å². The molecule has 0 aliphatic heterocycles. The van der Waals surface area contributed by atoms with Gasteiger partial charge in [-0.15, -0.1) is 0 Å². The maximum absolute atomic E-state index is 6.71. The van der Waals surface area contributed by atoms with Gasteiger partial charge in [0.1, 0.15) is 11.2 Å². The van der Waals surface area contributed by atoms with Crippen molar-refractivity contribution in [2.24, 2.45) is 0 Å². The van der Waals surface area contributed by atoms with Crippen LogP contribution in [0.25, 0.3) is 99.2 Å². The van der Waals surface area contributed by atoms with Crippen LogP contribution in [0, 0.1) is 0 Å². The molecule has 2 aromatic heterocycles. The number of furan rings is 1. The Morgan fingerprint density at radius 3 is 1.95 bits per heavy atom. The molecular weight excluding hydrogens is 526 g/mol. The second-order valence-electron chi connectivity index (χ2n) is 11.2. The van der Waals surface area contributed by atoms with Gasteiger partial charge in [0.25, 0.3) is 0 Å². The van der Waals surface area contributed by atoms with Crippen molar-refractivity contribution in [3.05, 3.63) is 127 Å². The van der Waals surface area contributed by atoms with Crippen LogP contribution in [-0.4, -0.2) is 15.0 Å². The van der Waals surface area contributed by atoms with Gasteiger partial charge in [-0.25, -0.2) is 15.0 Å². The minimum Gasteiger partial charge on any atom is -0.455 e. The Bertz CT molecular complexity index is 2670. The molecule has 4 nitrogen and oxygen atoms in total. The predicted octanol–water partition coefficient (Wildman–Crippen LogP) is 10.3. The van der Waals surface area contributed by atoms with Crippen molar-refractivity contribution in [2.75, 3.05) is 0 Å². The van der Waals surface area contributed by atoms with Crippen LogP contribution in [-0.2, 0) is 0 Å². The first-order valence-corrected chi connectivity index (χ1v) is 14.5. The van der Waals surface area contributed by atoms with E-state index in [0.29, 0.717) is 17.5 Å². The monoisotopic (exact) mass is 547 g/mol. The molecule has 0 saturated heterocycles. The topological polar surface area (TPSA) is 51.8 Å². The summed E-state index contributed by atoms with van der Waals surface area (Å²) in [7, 11) is 0. The fourth-order valence-electron chi connectivity index (χ4n) is 6.87. The summed E-state index contributed by atoms with van der Waals surface area (Å²) in [4.78, 5) is 15.2. The van der Waals surface area contributed by atoms with Crippen LogP contribution in [0.1, 0.15) is 0 Å². The van der Waals surface area contributed by atoms with Crippen molar-refractivity contribution in [1.82, 2.24) is 15.0 Å². The molecule has 4 heteroatoms. The molecule has 198 valence electrons. The Labute approximate surface area is 245 Å². The molecule has 0 amide bonds. The molecule has 0 N–H and O–H groups in total. The van der Waals surface area contributed by atoms with Gasteiger partial charge in [0, 0.05) is 27.3 Å². The lowest BCUT2D eigenvalue weighted by Crippen LogP contribution is -2.00. The highest BCUT2D eigenvalue weighted by Gasteiger charge is 2.24. The maximum Gasteiger partial charge on any atom is 0.167 e. The van der Waals surface area contributed by atoms with E-state index < -0.39 is 0 Å². The summed E-state index contributed by atoms with van der Waals surface area (Å²) in [6.07, 6.45) is 0. The number of nitrogens with zero attached hydrogens (tertiary/aromatic N) is 3. The third-order valence-corrected chi connectivity index (χ3v) is 8.79. The highest BCUT2D eigenvalue weighted by Crippen LogP contribution is 2.48. The molecule has 0 radical (unpaired) electrons. The van der Waals surface area contributed by atoms with Gasteiger partial charge >= 0.3 is 0 Å². The molecular formula is C39H21N3O. The van der Waals surface area contributed by atoms with E-state index >= 15 is 0 Å². The van der Waals surface area contributed by atoms with Crippen LogP contribution >= 0.6 is 0 Å². The molecule has 8 aromatic carbocycles. The Hall–Kier alpha value is -5.87. The van der Waals surface area contributed by atoms with Crippen LogP contribution in [0.15, 0.2) is 132 Å². The number of fused-ring (bicyclic) bond motifs is 2. The summed E-state index contributed by atoms with van der Waals surface area (Å²) in [6.45, 7) is 0. The summed E-state index contributed by atoms with van der Waals surface area (Å²) < 4.78 is 6.71. The van der Waals surface area contributed by atoms with Gasteiger partial charge in [0.15, 0.2) is 17.5 Å². The molecule has 0 saturated carbocycles. The van der Waals surface area contributed by atoms with E-state index in [9.17, 15) is 0 Å². The highest BCUT2D eigenvalue weighted by atomic mass is 16.3. The molecule has 2 heterocycles. The van der Waals surface area contributed by atoms with Crippen molar-refractivity contribution in [1.29, 1.82) is 0 Å². The number of hydrogen-bond acceptors (Lipinski definition) is 4. The number of benzene rings is 8. The van der Waals surface area contributed by atoms with E-state index in [1.54, 1.807) is 0 Å². The molecule has 0 unspecified atom stereocenters. The Balaban J connectivity index is 1.32. The molecule has 0 aliphatic carbocycles. The molecule has 0 bridgehead atoms. The van der Waals surface area contributed by atoms with Crippen LogP contribution < -0.4 is 0 Å². The van der Waals surface area contributed by atoms with Crippen molar-refractivity contribution in [3.8, 4) is 34.2 Å². The van der Waals surface area contributed by atoms with Crippen molar-refractivity contribution >= 4 is 65.0 Å². The van der Waals surface area contributed by atoms with Crippen LogP contribution in [0.5, 0.6) is 0 Å². The largest absolute Gasteiger partial charge is 0.455 e. The smallest absolute Gasteiger partial charge is 0.167 e. The zero-order valence-corrected chi connectivity index (χ0v) is 22.9. The van der Waals surface area contributed by atoms with Crippen LogP contribution in [0.4, 0.5) is 0 Å². The maximum atomic E-state index is 6.71. The summed E-state index contributed by atoms with van der Waals surface area (Å²) in [5.74, 6) is 1.86. The summed E-state index contributed by atoms with van der Waals surface area (Å²) in [5, 5.41) is 12.0. The lowest BCUT2D eigenvalue weighted by molar-refractivity contribution is 0.670. The minimum absolute atomic E-state index is 0.596. The van der Waals surface area contributed by atoms with E-state index in [4.69, 9.17) is 19.4 Å². The van der Waals surface area contributed by atoms with E-state index in [1.165, 1.54) is 32.3 Å². The van der Waals surface area contributed by atoms with Crippen molar-refractivity contribution in [2.45, 2.75) is 0 Å². The van der Waals surface area contributed by atoms with Gasteiger partial charge < -0.3 is 4.42 Å². The fraction of sp³-hybridized carbons (Fsp3) is 0. The quantitative estimate of drug-likeness (QED) is 0.163. The van der Waals surface area contributed by atoms with Crippen molar-refractivity contribution < 1.29 is 4.42 Å². The number of aromatic nitrogens is 3. The first-order valence-electron chi connectivity index (χ1n) is 14.5. The lowest BCUT2D eigenvalue weighted by Gasteiger charge is -2.14. The summed E-state index contributed by atoms with van der Waals surface area (Å²) in [6, 6.07) is 44.3. The van der Waals surface area contributed by atoms with Gasteiger partial charge in [0.05, 0.1) is 5.56 Å². The van der Waals surface area contributed by atoms with Crippen molar-refractivity contribution in [3.63, 3.8) is 0 Å².